The Morgan fingerprint density at radius 1 is 1.44 bits per heavy atom. The maximum Gasteiger partial charge on any atom is 0.124 e. The Morgan fingerprint density at radius 2 is 2.31 bits per heavy atom. The zero-order chi connectivity index (χ0) is 11.2. The van der Waals surface area contributed by atoms with Crippen molar-refractivity contribution in [3.63, 3.8) is 0 Å². The molecular weight excluding hydrogens is 202 g/mol. The molecule has 88 valence electrons. The number of hydrogen-bond acceptors (Lipinski definition) is 3. The third kappa shape index (κ3) is 2.74. The van der Waals surface area contributed by atoms with Gasteiger partial charge in [-0.2, -0.15) is 0 Å². The van der Waals surface area contributed by atoms with Crippen LogP contribution in [-0.2, 0) is 4.74 Å². The second kappa shape index (κ2) is 5.87. The maximum atomic E-state index is 5.62. The zero-order valence-corrected chi connectivity index (χ0v) is 9.74. The molecule has 1 aliphatic rings. The molecule has 3 nitrogen and oxygen atoms in total. The second-order valence-corrected chi connectivity index (χ2v) is 4.03. The van der Waals surface area contributed by atoms with Gasteiger partial charge in [0.2, 0.25) is 0 Å². The van der Waals surface area contributed by atoms with Crippen LogP contribution in [0.5, 0.6) is 5.75 Å². The van der Waals surface area contributed by atoms with Crippen molar-refractivity contribution in [2.75, 3.05) is 26.9 Å². The molecule has 3 heteroatoms. The van der Waals surface area contributed by atoms with Gasteiger partial charge >= 0.3 is 0 Å². The number of ether oxygens (including phenoxy) is 2. The predicted octanol–water partition coefficient (Wildman–Crippen LogP) is 2.14. The summed E-state index contributed by atoms with van der Waals surface area (Å²) in [6.45, 7) is 2.61. The number of methoxy groups -OCH3 is 1. The number of benzene rings is 1. The van der Waals surface area contributed by atoms with Crippen LogP contribution < -0.4 is 10.1 Å². The fraction of sp³-hybridized carbons (Fsp3) is 0.538. The number of hydrogen-bond donors (Lipinski definition) is 1. The molecule has 0 aromatic heterocycles. The van der Waals surface area contributed by atoms with Gasteiger partial charge in [0.25, 0.3) is 0 Å². The van der Waals surface area contributed by atoms with Gasteiger partial charge in [0.05, 0.1) is 6.61 Å². The predicted molar refractivity (Wildman–Crippen MR) is 63.8 cm³/mol. The minimum atomic E-state index is 0.432. The van der Waals surface area contributed by atoms with Crippen LogP contribution in [-0.4, -0.2) is 26.9 Å². The molecule has 0 bridgehead atoms. The average Bonchev–Trinajstić information content (AvgIpc) is 2.35. The molecule has 0 spiro atoms. The smallest absolute Gasteiger partial charge is 0.124 e. The highest BCUT2D eigenvalue weighted by atomic mass is 16.5. The van der Waals surface area contributed by atoms with Crippen molar-refractivity contribution in [3.8, 4) is 5.75 Å². The molecule has 0 fully saturated rings. The van der Waals surface area contributed by atoms with Crippen LogP contribution in [0.4, 0.5) is 0 Å². The summed E-state index contributed by atoms with van der Waals surface area (Å²) in [6, 6.07) is 8.70. The monoisotopic (exact) mass is 221 g/mol. The summed E-state index contributed by atoms with van der Waals surface area (Å²) in [6.07, 6.45) is 2.10. The van der Waals surface area contributed by atoms with Gasteiger partial charge in [-0.1, -0.05) is 18.2 Å². The summed E-state index contributed by atoms with van der Waals surface area (Å²) in [5.41, 5.74) is 1.28. The molecule has 16 heavy (non-hydrogen) atoms. The van der Waals surface area contributed by atoms with E-state index < -0.39 is 0 Å². The van der Waals surface area contributed by atoms with Gasteiger partial charge in [0, 0.05) is 31.7 Å². The van der Waals surface area contributed by atoms with E-state index in [4.69, 9.17) is 9.47 Å². The fourth-order valence-corrected chi connectivity index (χ4v) is 2.05. The highest BCUT2D eigenvalue weighted by Crippen LogP contribution is 2.31. The summed E-state index contributed by atoms with van der Waals surface area (Å²) in [7, 11) is 1.74. The minimum absolute atomic E-state index is 0.432. The van der Waals surface area contributed by atoms with E-state index in [-0.39, 0.29) is 0 Å². The minimum Gasteiger partial charge on any atom is -0.493 e. The van der Waals surface area contributed by atoms with Gasteiger partial charge in [0.1, 0.15) is 5.75 Å². The fourth-order valence-electron chi connectivity index (χ4n) is 2.05. The topological polar surface area (TPSA) is 30.5 Å². The number of rotatable bonds is 5. The Morgan fingerprint density at radius 3 is 3.19 bits per heavy atom. The van der Waals surface area contributed by atoms with Crippen LogP contribution in [0.25, 0.3) is 0 Å². The van der Waals surface area contributed by atoms with Crippen molar-refractivity contribution < 1.29 is 9.47 Å². The van der Waals surface area contributed by atoms with E-state index in [1.54, 1.807) is 7.11 Å². The molecule has 0 aliphatic carbocycles. The molecule has 0 saturated heterocycles. The number of para-hydroxylation sites is 1. The van der Waals surface area contributed by atoms with Crippen LogP contribution in [0.3, 0.4) is 0 Å². The molecule has 2 rings (SSSR count). The Labute approximate surface area is 96.8 Å². The summed E-state index contributed by atoms with van der Waals surface area (Å²) in [4.78, 5) is 0. The molecule has 0 amide bonds. The first kappa shape index (κ1) is 11.4. The first-order valence-electron chi connectivity index (χ1n) is 5.86. The number of fused-ring (bicyclic) bond motifs is 1. The van der Waals surface area contributed by atoms with Crippen molar-refractivity contribution >= 4 is 0 Å². The Balaban J connectivity index is 1.91. The molecule has 1 aromatic carbocycles. The molecule has 1 N–H and O–H groups in total. The Kier molecular flexibility index (Phi) is 4.19. The third-order valence-electron chi connectivity index (χ3n) is 2.87. The molecular formula is C13H19NO2. The molecule has 0 unspecified atom stereocenters. The van der Waals surface area contributed by atoms with Crippen LogP contribution in [0.15, 0.2) is 24.3 Å². The van der Waals surface area contributed by atoms with Crippen molar-refractivity contribution in [1.82, 2.24) is 5.32 Å². The molecule has 0 saturated carbocycles. The van der Waals surface area contributed by atoms with Crippen LogP contribution in [0, 0.1) is 0 Å². The average molecular weight is 221 g/mol. The highest BCUT2D eigenvalue weighted by Gasteiger charge is 2.19. The first-order chi connectivity index (χ1) is 7.92. The summed E-state index contributed by atoms with van der Waals surface area (Å²) >= 11 is 0. The zero-order valence-electron chi connectivity index (χ0n) is 9.74. The van der Waals surface area contributed by atoms with Gasteiger partial charge in [-0.15, -0.1) is 0 Å². The first-order valence-corrected chi connectivity index (χ1v) is 5.86. The lowest BCUT2D eigenvalue weighted by molar-refractivity contribution is 0.190. The Hall–Kier alpha value is -1.06. The largest absolute Gasteiger partial charge is 0.493 e. The van der Waals surface area contributed by atoms with Gasteiger partial charge in [0.15, 0.2) is 0 Å². The van der Waals surface area contributed by atoms with E-state index in [0.29, 0.717) is 6.04 Å². The van der Waals surface area contributed by atoms with Crippen LogP contribution >= 0.6 is 0 Å². The van der Waals surface area contributed by atoms with Crippen LogP contribution in [0.2, 0.25) is 0 Å². The lowest BCUT2D eigenvalue weighted by atomic mass is 10.0. The molecule has 0 radical (unpaired) electrons. The van der Waals surface area contributed by atoms with Gasteiger partial charge < -0.3 is 14.8 Å². The maximum absolute atomic E-state index is 5.62. The highest BCUT2D eigenvalue weighted by molar-refractivity contribution is 5.37. The Bertz CT molecular complexity index is 327. The van der Waals surface area contributed by atoms with Gasteiger partial charge in [-0.25, -0.2) is 0 Å². The standard InChI is InChI=1S/C13H19NO2/c1-15-9-4-8-14-12-7-10-16-13-6-3-2-5-11(12)13/h2-3,5-6,12,14H,4,7-10H2,1H3/t12-/m0/s1. The SMILES string of the molecule is COCCCN[C@H]1CCOc2ccccc21. The normalized spacial score (nSPS) is 18.9. The molecule has 1 aliphatic heterocycles. The van der Waals surface area contributed by atoms with E-state index in [0.717, 1.165) is 38.3 Å². The third-order valence-corrected chi connectivity index (χ3v) is 2.87. The summed E-state index contributed by atoms with van der Waals surface area (Å²) in [5, 5.41) is 3.55. The van der Waals surface area contributed by atoms with Crippen molar-refractivity contribution in [3.05, 3.63) is 29.8 Å². The van der Waals surface area contributed by atoms with E-state index in [1.165, 1.54) is 5.56 Å². The van der Waals surface area contributed by atoms with Gasteiger partial charge in [-0.3, -0.25) is 0 Å². The lowest BCUT2D eigenvalue weighted by Crippen LogP contribution is -2.28. The van der Waals surface area contributed by atoms with Gasteiger partial charge in [-0.05, 0) is 19.0 Å². The summed E-state index contributed by atoms with van der Waals surface area (Å²) in [5.74, 6) is 1.03. The van der Waals surface area contributed by atoms with E-state index in [9.17, 15) is 0 Å². The quantitative estimate of drug-likeness (QED) is 0.773. The van der Waals surface area contributed by atoms with E-state index in [1.807, 2.05) is 12.1 Å². The van der Waals surface area contributed by atoms with Crippen LogP contribution in [0.1, 0.15) is 24.4 Å². The lowest BCUT2D eigenvalue weighted by Gasteiger charge is -2.26. The number of nitrogens with one attached hydrogen (secondary N) is 1. The van der Waals surface area contributed by atoms with E-state index >= 15 is 0 Å². The second-order valence-electron chi connectivity index (χ2n) is 4.03. The van der Waals surface area contributed by atoms with Crippen molar-refractivity contribution in [2.45, 2.75) is 18.9 Å². The van der Waals surface area contributed by atoms with E-state index in [2.05, 4.69) is 17.4 Å². The van der Waals surface area contributed by atoms with Crippen molar-refractivity contribution in [1.29, 1.82) is 0 Å². The summed E-state index contributed by atoms with van der Waals surface area (Å²) < 4.78 is 10.7. The molecule has 1 aromatic rings. The molecule has 1 heterocycles. The molecule has 1 atom stereocenters. The van der Waals surface area contributed by atoms with Crippen molar-refractivity contribution in [2.24, 2.45) is 0 Å².